The summed E-state index contributed by atoms with van der Waals surface area (Å²) in [6, 6.07) is 12.0. The van der Waals surface area contributed by atoms with Crippen LogP contribution in [0.3, 0.4) is 0 Å². The second-order valence-corrected chi connectivity index (χ2v) is 7.75. The summed E-state index contributed by atoms with van der Waals surface area (Å²) in [7, 11) is -3.66. The van der Waals surface area contributed by atoms with Gasteiger partial charge in [-0.25, -0.2) is 13.1 Å². The number of hydrogen-bond donors (Lipinski definition) is 3. The Labute approximate surface area is 152 Å². The molecule has 138 valence electrons. The fourth-order valence-corrected chi connectivity index (χ4v) is 3.72. The Bertz CT molecular complexity index is 875. The van der Waals surface area contributed by atoms with E-state index in [1.54, 1.807) is 18.2 Å². The maximum absolute atomic E-state index is 12.3. The van der Waals surface area contributed by atoms with Gasteiger partial charge in [0.15, 0.2) is 0 Å². The summed E-state index contributed by atoms with van der Waals surface area (Å²) in [6.07, 6.45) is 1.69. The number of carbonyl (C=O) groups is 1. The standard InChI is InChI=1S/C18H20N2O5S/c21-17-6-2-1-5-16(17)20-18(22)13-7-9-15(10-8-13)26(23,24)19-12-14-4-3-11-25-14/h1-2,5-10,14,19,21H,3-4,11-12H2,(H,20,22). The molecule has 0 radical (unpaired) electrons. The Balaban J connectivity index is 1.65. The summed E-state index contributed by atoms with van der Waals surface area (Å²) < 4.78 is 32.5. The van der Waals surface area contributed by atoms with Crippen molar-refractivity contribution in [1.29, 1.82) is 0 Å². The monoisotopic (exact) mass is 376 g/mol. The number of hydrogen-bond acceptors (Lipinski definition) is 5. The predicted molar refractivity (Wildman–Crippen MR) is 96.7 cm³/mol. The molecule has 0 saturated carbocycles. The molecule has 1 unspecified atom stereocenters. The molecule has 3 rings (SSSR count). The quantitative estimate of drug-likeness (QED) is 0.670. The molecule has 0 bridgehead atoms. The second kappa shape index (κ2) is 7.86. The molecular formula is C18H20N2O5S. The number of ether oxygens (including phenoxy) is 1. The summed E-state index contributed by atoms with van der Waals surface area (Å²) >= 11 is 0. The molecule has 2 aromatic carbocycles. The van der Waals surface area contributed by atoms with E-state index in [9.17, 15) is 18.3 Å². The Kier molecular flexibility index (Phi) is 5.55. The number of aromatic hydroxyl groups is 1. The normalized spacial score (nSPS) is 17.2. The van der Waals surface area contributed by atoms with Crippen molar-refractivity contribution in [2.24, 2.45) is 0 Å². The number of carbonyl (C=O) groups excluding carboxylic acids is 1. The van der Waals surface area contributed by atoms with Crippen molar-refractivity contribution in [1.82, 2.24) is 4.72 Å². The van der Waals surface area contributed by atoms with E-state index in [1.807, 2.05) is 0 Å². The van der Waals surface area contributed by atoms with E-state index in [4.69, 9.17) is 4.74 Å². The SMILES string of the molecule is O=C(Nc1ccccc1O)c1ccc(S(=O)(=O)NCC2CCCO2)cc1. The lowest BCUT2D eigenvalue weighted by molar-refractivity contribution is 0.102. The number of phenols is 1. The molecule has 1 saturated heterocycles. The van der Waals surface area contributed by atoms with Gasteiger partial charge in [-0.3, -0.25) is 4.79 Å². The van der Waals surface area contributed by atoms with E-state index in [0.29, 0.717) is 6.61 Å². The van der Waals surface area contributed by atoms with Gasteiger partial charge in [0.25, 0.3) is 5.91 Å². The first-order valence-corrected chi connectivity index (χ1v) is 9.75. The smallest absolute Gasteiger partial charge is 0.255 e. The van der Waals surface area contributed by atoms with Crippen LogP contribution in [-0.4, -0.2) is 38.7 Å². The minimum atomic E-state index is -3.66. The third kappa shape index (κ3) is 4.40. The van der Waals surface area contributed by atoms with Crippen LogP contribution in [0, 0.1) is 0 Å². The molecule has 3 N–H and O–H groups in total. The third-order valence-corrected chi connectivity index (χ3v) is 5.54. The topological polar surface area (TPSA) is 105 Å². The predicted octanol–water partition coefficient (Wildman–Crippen LogP) is 2.10. The van der Waals surface area contributed by atoms with Gasteiger partial charge in [-0.15, -0.1) is 0 Å². The van der Waals surface area contributed by atoms with Crippen LogP contribution in [0.4, 0.5) is 5.69 Å². The number of nitrogens with one attached hydrogen (secondary N) is 2. The Hall–Kier alpha value is -2.42. The van der Waals surface area contributed by atoms with Crippen LogP contribution in [0.25, 0.3) is 0 Å². The van der Waals surface area contributed by atoms with Gasteiger partial charge >= 0.3 is 0 Å². The van der Waals surface area contributed by atoms with Gasteiger partial charge in [0.1, 0.15) is 5.75 Å². The average molecular weight is 376 g/mol. The molecule has 8 heteroatoms. The summed E-state index contributed by atoms with van der Waals surface area (Å²) in [6.45, 7) is 0.894. The van der Waals surface area contributed by atoms with Crippen LogP contribution >= 0.6 is 0 Å². The van der Waals surface area contributed by atoms with E-state index < -0.39 is 15.9 Å². The number of sulfonamides is 1. The molecule has 1 aliphatic heterocycles. The summed E-state index contributed by atoms with van der Waals surface area (Å²) in [5.41, 5.74) is 0.568. The van der Waals surface area contributed by atoms with Crippen LogP contribution in [0.1, 0.15) is 23.2 Å². The van der Waals surface area contributed by atoms with Crippen LogP contribution in [0.15, 0.2) is 53.4 Å². The van der Waals surface area contributed by atoms with Crippen molar-refractivity contribution in [3.05, 3.63) is 54.1 Å². The Morgan fingerprint density at radius 3 is 2.54 bits per heavy atom. The van der Waals surface area contributed by atoms with Crippen molar-refractivity contribution < 1.29 is 23.1 Å². The zero-order valence-electron chi connectivity index (χ0n) is 14.0. The highest BCUT2D eigenvalue weighted by molar-refractivity contribution is 7.89. The third-order valence-electron chi connectivity index (χ3n) is 4.10. The number of para-hydroxylation sites is 2. The van der Waals surface area contributed by atoms with Crippen molar-refractivity contribution in [3.63, 3.8) is 0 Å². The van der Waals surface area contributed by atoms with Crippen molar-refractivity contribution in [2.75, 3.05) is 18.5 Å². The second-order valence-electron chi connectivity index (χ2n) is 5.98. The van der Waals surface area contributed by atoms with Gasteiger partial charge < -0.3 is 15.2 Å². The molecular weight excluding hydrogens is 356 g/mol. The fraction of sp³-hybridized carbons (Fsp3) is 0.278. The molecule has 1 atom stereocenters. The highest BCUT2D eigenvalue weighted by atomic mass is 32.2. The minimum Gasteiger partial charge on any atom is -0.506 e. The summed E-state index contributed by atoms with van der Waals surface area (Å²) in [5, 5.41) is 12.3. The van der Waals surface area contributed by atoms with Gasteiger partial charge in [0.05, 0.1) is 16.7 Å². The number of anilines is 1. The number of phenolic OH excluding ortho intramolecular Hbond substituents is 1. The first-order valence-electron chi connectivity index (χ1n) is 8.26. The van der Waals surface area contributed by atoms with Gasteiger partial charge in [-0.05, 0) is 49.2 Å². The maximum Gasteiger partial charge on any atom is 0.255 e. The summed E-state index contributed by atoms with van der Waals surface area (Å²) in [5.74, 6) is -0.485. The van der Waals surface area contributed by atoms with E-state index in [-0.39, 0.29) is 34.5 Å². The van der Waals surface area contributed by atoms with Crippen molar-refractivity contribution in [3.8, 4) is 5.75 Å². The Morgan fingerprint density at radius 1 is 1.15 bits per heavy atom. The lowest BCUT2D eigenvalue weighted by atomic mass is 10.2. The fourth-order valence-electron chi connectivity index (χ4n) is 2.65. The van der Waals surface area contributed by atoms with E-state index in [0.717, 1.165) is 12.8 Å². The zero-order chi connectivity index (χ0) is 18.6. The van der Waals surface area contributed by atoms with Crippen molar-refractivity contribution >= 4 is 21.6 Å². The molecule has 2 aromatic rings. The first kappa shape index (κ1) is 18.4. The van der Waals surface area contributed by atoms with Gasteiger partial charge in [0, 0.05) is 18.7 Å². The van der Waals surface area contributed by atoms with E-state index >= 15 is 0 Å². The van der Waals surface area contributed by atoms with Crippen LogP contribution in [0.2, 0.25) is 0 Å². The molecule has 0 spiro atoms. The van der Waals surface area contributed by atoms with E-state index in [1.165, 1.54) is 30.3 Å². The number of amides is 1. The van der Waals surface area contributed by atoms with Crippen LogP contribution in [0.5, 0.6) is 5.75 Å². The molecule has 1 heterocycles. The molecule has 0 aliphatic carbocycles. The highest BCUT2D eigenvalue weighted by Gasteiger charge is 2.20. The average Bonchev–Trinajstić information content (AvgIpc) is 3.16. The van der Waals surface area contributed by atoms with Gasteiger partial charge in [-0.1, -0.05) is 12.1 Å². The largest absolute Gasteiger partial charge is 0.506 e. The highest BCUT2D eigenvalue weighted by Crippen LogP contribution is 2.22. The number of rotatable bonds is 6. The lowest BCUT2D eigenvalue weighted by Crippen LogP contribution is -2.31. The molecule has 7 nitrogen and oxygen atoms in total. The Morgan fingerprint density at radius 2 is 1.88 bits per heavy atom. The van der Waals surface area contributed by atoms with Crippen LogP contribution in [-0.2, 0) is 14.8 Å². The first-order chi connectivity index (χ1) is 12.5. The molecule has 1 aliphatic rings. The maximum atomic E-state index is 12.3. The molecule has 1 amide bonds. The number of benzene rings is 2. The van der Waals surface area contributed by atoms with Gasteiger partial charge in [-0.2, -0.15) is 0 Å². The molecule has 26 heavy (non-hydrogen) atoms. The lowest BCUT2D eigenvalue weighted by Gasteiger charge is -2.12. The molecule has 1 fully saturated rings. The van der Waals surface area contributed by atoms with Gasteiger partial charge in [0.2, 0.25) is 10.0 Å². The zero-order valence-corrected chi connectivity index (χ0v) is 14.8. The van der Waals surface area contributed by atoms with Crippen molar-refractivity contribution in [2.45, 2.75) is 23.8 Å². The van der Waals surface area contributed by atoms with E-state index in [2.05, 4.69) is 10.0 Å². The minimum absolute atomic E-state index is 0.0432. The van der Waals surface area contributed by atoms with Crippen LogP contribution < -0.4 is 10.0 Å². The molecule has 0 aromatic heterocycles. The summed E-state index contributed by atoms with van der Waals surface area (Å²) in [4.78, 5) is 12.3.